The lowest BCUT2D eigenvalue weighted by atomic mass is 9.75. The monoisotopic (exact) mass is 377 g/mol. The maximum absolute atomic E-state index is 13.1. The number of hydroxylamine groups is 1. The van der Waals surface area contributed by atoms with Gasteiger partial charge in [0.25, 0.3) is 5.91 Å². The molecule has 0 aliphatic rings. The molecule has 1 aromatic carbocycles. The summed E-state index contributed by atoms with van der Waals surface area (Å²) in [5, 5.41) is 0. The molecular weight excluding hydrogens is 342 g/mol. The molecule has 5 nitrogen and oxygen atoms in total. The van der Waals surface area contributed by atoms with E-state index >= 15 is 0 Å². The van der Waals surface area contributed by atoms with Gasteiger partial charge in [-0.05, 0) is 50.0 Å². The Morgan fingerprint density at radius 3 is 2.04 bits per heavy atom. The highest BCUT2D eigenvalue weighted by atomic mass is 16.7. The van der Waals surface area contributed by atoms with Crippen LogP contribution in [0.4, 0.5) is 0 Å². The highest BCUT2D eigenvalue weighted by Crippen LogP contribution is 2.35. The van der Waals surface area contributed by atoms with Gasteiger partial charge < -0.3 is 4.74 Å². The number of rotatable bonds is 12. The first-order valence-corrected chi connectivity index (χ1v) is 9.95. The van der Waals surface area contributed by atoms with E-state index in [2.05, 4.69) is 33.2 Å². The van der Waals surface area contributed by atoms with E-state index in [1.807, 2.05) is 30.3 Å². The predicted molar refractivity (Wildman–Crippen MR) is 107 cm³/mol. The van der Waals surface area contributed by atoms with Gasteiger partial charge in [0.2, 0.25) is 0 Å². The second-order valence-corrected chi connectivity index (χ2v) is 7.87. The third-order valence-electron chi connectivity index (χ3n) is 4.64. The Hall–Kier alpha value is -1.88. The number of carbonyl (C=O) groups excluding carboxylic acids is 2. The summed E-state index contributed by atoms with van der Waals surface area (Å²) in [4.78, 5) is 31.3. The Balaban J connectivity index is 2.92. The summed E-state index contributed by atoms with van der Waals surface area (Å²) in [6.45, 7) is 10.6. The molecule has 0 saturated carbocycles. The van der Waals surface area contributed by atoms with Gasteiger partial charge in [0, 0.05) is 0 Å². The minimum Gasteiger partial charge on any atom is -0.465 e. The molecule has 0 bridgehead atoms. The van der Waals surface area contributed by atoms with Gasteiger partial charge in [-0.2, -0.15) is 0 Å². The molecule has 0 aromatic heterocycles. The van der Waals surface area contributed by atoms with Crippen molar-refractivity contribution in [3.63, 3.8) is 0 Å². The van der Waals surface area contributed by atoms with Crippen molar-refractivity contribution >= 4 is 11.9 Å². The molecule has 0 aliphatic carbocycles. The van der Waals surface area contributed by atoms with Crippen LogP contribution in [0.15, 0.2) is 30.3 Å². The first-order chi connectivity index (χ1) is 12.8. The van der Waals surface area contributed by atoms with Crippen molar-refractivity contribution in [1.29, 1.82) is 0 Å². The first-order valence-electron chi connectivity index (χ1n) is 9.95. The van der Waals surface area contributed by atoms with E-state index in [1.165, 1.54) is 0 Å². The van der Waals surface area contributed by atoms with Crippen LogP contribution >= 0.6 is 0 Å². The average molecular weight is 378 g/mol. The molecule has 1 rings (SSSR count). The second kappa shape index (κ2) is 11.8. The Bertz CT molecular complexity index is 557. The van der Waals surface area contributed by atoms with Crippen molar-refractivity contribution in [2.24, 2.45) is 17.3 Å². The number of ether oxygens (including phenoxy) is 1. The zero-order valence-corrected chi connectivity index (χ0v) is 17.4. The summed E-state index contributed by atoms with van der Waals surface area (Å²) in [7, 11) is 0. The molecule has 152 valence electrons. The Morgan fingerprint density at radius 2 is 1.56 bits per heavy atom. The van der Waals surface area contributed by atoms with E-state index in [-0.39, 0.29) is 13.2 Å². The lowest BCUT2D eigenvalue weighted by molar-refractivity contribution is -0.168. The number of carbonyl (C=O) groups is 2. The lowest BCUT2D eigenvalue weighted by Gasteiger charge is -2.31. The van der Waals surface area contributed by atoms with Gasteiger partial charge in [0.15, 0.2) is 0 Å². The first kappa shape index (κ1) is 23.2. The van der Waals surface area contributed by atoms with E-state index in [0.717, 1.165) is 18.4 Å². The summed E-state index contributed by atoms with van der Waals surface area (Å²) in [5.41, 5.74) is 2.26. The minimum atomic E-state index is -1.21. The largest absolute Gasteiger partial charge is 0.465 e. The van der Waals surface area contributed by atoms with Crippen LogP contribution in [0, 0.1) is 17.3 Å². The maximum atomic E-state index is 13.1. The quantitative estimate of drug-likeness (QED) is 0.327. The van der Waals surface area contributed by atoms with Gasteiger partial charge >= 0.3 is 5.97 Å². The molecule has 0 fully saturated rings. The van der Waals surface area contributed by atoms with Crippen molar-refractivity contribution in [2.45, 2.75) is 66.9 Å². The van der Waals surface area contributed by atoms with Crippen LogP contribution in [-0.4, -0.2) is 18.5 Å². The van der Waals surface area contributed by atoms with Gasteiger partial charge in [-0.25, -0.2) is 5.48 Å². The zero-order valence-electron chi connectivity index (χ0n) is 17.4. The third kappa shape index (κ3) is 7.71. The van der Waals surface area contributed by atoms with E-state index in [4.69, 9.17) is 9.57 Å². The van der Waals surface area contributed by atoms with Crippen LogP contribution in [0.5, 0.6) is 0 Å². The van der Waals surface area contributed by atoms with Crippen LogP contribution < -0.4 is 5.48 Å². The average Bonchev–Trinajstić information content (AvgIpc) is 2.62. The van der Waals surface area contributed by atoms with Crippen molar-refractivity contribution in [3.05, 3.63) is 35.9 Å². The smallest absolute Gasteiger partial charge is 0.321 e. The molecule has 27 heavy (non-hydrogen) atoms. The summed E-state index contributed by atoms with van der Waals surface area (Å²) >= 11 is 0. The Labute approximate surface area is 163 Å². The summed E-state index contributed by atoms with van der Waals surface area (Å²) in [5.74, 6) is -0.0860. The molecule has 0 atom stereocenters. The number of amides is 1. The highest BCUT2D eigenvalue weighted by Gasteiger charge is 2.47. The highest BCUT2D eigenvalue weighted by molar-refractivity contribution is 6.02. The van der Waals surface area contributed by atoms with Crippen LogP contribution in [-0.2, 0) is 25.8 Å². The summed E-state index contributed by atoms with van der Waals surface area (Å²) < 4.78 is 5.30. The van der Waals surface area contributed by atoms with E-state index in [1.54, 1.807) is 6.92 Å². The molecule has 0 unspecified atom stereocenters. The van der Waals surface area contributed by atoms with Gasteiger partial charge in [-0.1, -0.05) is 58.0 Å². The van der Waals surface area contributed by atoms with E-state index < -0.39 is 17.3 Å². The second-order valence-electron chi connectivity index (χ2n) is 7.87. The molecule has 5 heteroatoms. The fourth-order valence-corrected chi connectivity index (χ4v) is 2.85. The van der Waals surface area contributed by atoms with Crippen molar-refractivity contribution in [2.75, 3.05) is 6.61 Å². The zero-order chi connectivity index (χ0) is 20.3. The number of nitrogens with one attached hydrogen (secondary N) is 1. The summed E-state index contributed by atoms with van der Waals surface area (Å²) in [6.07, 6.45) is 2.44. The van der Waals surface area contributed by atoms with Crippen molar-refractivity contribution < 1.29 is 19.2 Å². The molecule has 0 spiro atoms. The standard InChI is InChI=1S/C22H35NO4/c1-6-26-21(25)22(14-12-17(2)3,15-13-18(4)5)20(24)23-27-16-19-10-8-7-9-11-19/h7-11,17-18H,6,12-16H2,1-5H3,(H,23,24). The third-order valence-corrected chi connectivity index (χ3v) is 4.64. The molecule has 1 N–H and O–H groups in total. The Morgan fingerprint density at radius 1 is 1.00 bits per heavy atom. The topological polar surface area (TPSA) is 64.6 Å². The van der Waals surface area contributed by atoms with Crippen molar-refractivity contribution in [1.82, 2.24) is 5.48 Å². The van der Waals surface area contributed by atoms with Crippen LogP contribution in [0.25, 0.3) is 0 Å². The van der Waals surface area contributed by atoms with Crippen molar-refractivity contribution in [3.8, 4) is 0 Å². The maximum Gasteiger partial charge on any atom is 0.321 e. The van der Waals surface area contributed by atoms with E-state index in [9.17, 15) is 9.59 Å². The molecule has 1 amide bonds. The summed E-state index contributed by atoms with van der Waals surface area (Å²) in [6, 6.07) is 9.58. The number of hydrogen-bond acceptors (Lipinski definition) is 4. The van der Waals surface area contributed by atoms with Crippen LogP contribution in [0.2, 0.25) is 0 Å². The molecule has 0 aliphatic heterocycles. The fraction of sp³-hybridized carbons (Fsp3) is 0.636. The minimum absolute atomic E-state index is 0.250. The lowest BCUT2D eigenvalue weighted by Crippen LogP contribution is -2.48. The molecule has 0 radical (unpaired) electrons. The normalized spacial score (nSPS) is 11.7. The predicted octanol–water partition coefficient (Wildman–Crippen LogP) is 4.66. The number of esters is 1. The van der Waals surface area contributed by atoms with Gasteiger partial charge in [0.05, 0.1) is 13.2 Å². The number of benzene rings is 1. The van der Waals surface area contributed by atoms with Gasteiger partial charge in [-0.3, -0.25) is 14.4 Å². The molecule has 0 saturated heterocycles. The van der Waals surface area contributed by atoms with Gasteiger partial charge in [0.1, 0.15) is 5.41 Å². The van der Waals surface area contributed by atoms with E-state index in [0.29, 0.717) is 24.7 Å². The van der Waals surface area contributed by atoms with Crippen LogP contribution in [0.1, 0.15) is 65.9 Å². The fourth-order valence-electron chi connectivity index (χ4n) is 2.85. The molecular formula is C22H35NO4. The van der Waals surface area contributed by atoms with Gasteiger partial charge in [-0.15, -0.1) is 0 Å². The Kier molecular flexibility index (Phi) is 10.1. The number of hydrogen-bond donors (Lipinski definition) is 1. The molecule has 0 heterocycles. The SMILES string of the molecule is CCOC(=O)C(CCC(C)C)(CCC(C)C)C(=O)NOCc1ccccc1. The molecule has 1 aromatic rings. The van der Waals surface area contributed by atoms with Crippen LogP contribution in [0.3, 0.4) is 0 Å².